The zero-order valence-corrected chi connectivity index (χ0v) is 6.06. The summed E-state index contributed by atoms with van der Waals surface area (Å²) in [7, 11) is 0. The molecular formula is C6H10N2O3. The summed E-state index contributed by atoms with van der Waals surface area (Å²) < 4.78 is 4.53. The summed E-state index contributed by atoms with van der Waals surface area (Å²) in [4.78, 5) is 12.9. The smallest absolute Gasteiger partial charge is 0.413 e. The topological polar surface area (TPSA) is 82.9 Å². The van der Waals surface area contributed by atoms with E-state index in [9.17, 15) is 4.79 Å². The number of nitrogens with zero attached hydrogens (tertiary/aromatic N) is 2. The summed E-state index contributed by atoms with van der Waals surface area (Å²) in [5.41, 5.74) is 7.87. The molecule has 0 bridgehead atoms. The quantitative estimate of drug-likeness (QED) is 0.194. The number of ether oxygens (including phenoxy) is 1. The maximum atomic E-state index is 10.4. The summed E-state index contributed by atoms with van der Waals surface area (Å²) in [5, 5.41) is 8.33. The van der Waals surface area contributed by atoms with Crippen molar-refractivity contribution in [3.05, 3.63) is 5.53 Å². The molecular weight excluding hydrogens is 148 g/mol. The highest BCUT2D eigenvalue weighted by atomic mass is 16.5. The van der Waals surface area contributed by atoms with Crippen LogP contribution in [0.15, 0.2) is 0 Å². The number of aliphatic hydroxyl groups is 1. The summed E-state index contributed by atoms with van der Waals surface area (Å²) in [6, 6.07) is 0. The molecule has 0 spiro atoms. The Hall–Kier alpha value is -1.19. The monoisotopic (exact) mass is 158 g/mol. The van der Waals surface area contributed by atoms with Crippen molar-refractivity contribution >= 4 is 12.2 Å². The Balaban J connectivity index is 3.24. The molecule has 0 saturated carbocycles. The lowest BCUT2D eigenvalue weighted by atomic mass is 10.3. The van der Waals surface area contributed by atoms with Crippen molar-refractivity contribution in [2.45, 2.75) is 12.8 Å². The molecule has 1 N–H and O–H groups in total. The largest absolute Gasteiger partial charge is 0.457 e. The third-order valence-electron chi connectivity index (χ3n) is 0.960. The van der Waals surface area contributed by atoms with Crippen LogP contribution in [-0.4, -0.2) is 35.3 Å². The van der Waals surface area contributed by atoms with Crippen molar-refractivity contribution in [1.29, 1.82) is 0 Å². The van der Waals surface area contributed by atoms with E-state index in [1.807, 2.05) is 0 Å². The van der Waals surface area contributed by atoms with Gasteiger partial charge in [0.05, 0.1) is 6.61 Å². The molecule has 0 aromatic carbocycles. The Morgan fingerprint density at radius 1 is 1.64 bits per heavy atom. The number of hydrogen-bond donors (Lipinski definition) is 1. The summed E-state index contributed by atoms with van der Waals surface area (Å²) in [6.07, 6.45) is 1.89. The highest BCUT2D eigenvalue weighted by molar-refractivity contribution is 6.20. The van der Waals surface area contributed by atoms with Crippen molar-refractivity contribution in [1.82, 2.24) is 0 Å². The van der Waals surface area contributed by atoms with Crippen molar-refractivity contribution in [2.75, 3.05) is 13.2 Å². The summed E-state index contributed by atoms with van der Waals surface area (Å²) >= 11 is 0. The van der Waals surface area contributed by atoms with E-state index in [-0.39, 0.29) is 13.2 Å². The zero-order chi connectivity index (χ0) is 8.53. The predicted molar refractivity (Wildman–Crippen MR) is 37.0 cm³/mol. The lowest BCUT2D eigenvalue weighted by Gasteiger charge is -1.96. The number of esters is 1. The summed E-state index contributed by atoms with van der Waals surface area (Å²) in [5.74, 6) is -0.676. The fourth-order valence-corrected chi connectivity index (χ4v) is 0.471. The van der Waals surface area contributed by atoms with E-state index < -0.39 is 5.97 Å². The molecule has 5 heteroatoms. The molecule has 0 unspecified atom stereocenters. The van der Waals surface area contributed by atoms with E-state index in [4.69, 9.17) is 10.6 Å². The van der Waals surface area contributed by atoms with E-state index in [1.165, 1.54) is 0 Å². The van der Waals surface area contributed by atoms with Crippen LogP contribution in [0, 0.1) is 0 Å². The van der Waals surface area contributed by atoms with Gasteiger partial charge in [0.25, 0.3) is 0 Å². The van der Waals surface area contributed by atoms with E-state index in [0.717, 1.165) is 0 Å². The first-order valence-electron chi connectivity index (χ1n) is 3.26. The van der Waals surface area contributed by atoms with E-state index in [0.29, 0.717) is 19.1 Å². The van der Waals surface area contributed by atoms with Crippen LogP contribution < -0.4 is 0 Å². The van der Waals surface area contributed by atoms with Crippen LogP contribution in [0.3, 0.4) is 0 Å². The second-order valence-electron chi connectivity index (χ2n) is 1.84. The van der Waals surface area contributed by atoms with Gasteiger partial charge in [-0.05, 0) is 12.8 Å². The lowest BCUT2D eigenvalue weighted by molar-refractivity contribution is -0.139. The van der Waals surface area contributed by atoms with Crippen LogP contribution in [0.1, 0.15) is 12.8 Å². The van der Waals surface area contributed by atoms with Gasteiger partial charge in [-0.3, -0.25) is 0 Å². The number of rotatable bonds is 5. The molecule has 0 atom stereocenters. The molecule has 0 aliphatic heterocycles. The fourth-order valence-electron chi connectivity index (χ4n) is 0.471. The Kier molecular flexibility index (Phi) is 6.17. The maximum Gasteiger partial charge on any atom is 0.413 e. The first-order valence-corrected chi connectivity index (χ1v) is 3.26. The third-order valence-corrected chi connectivity index (χ3v) is 0.960. The minimum absolute atomic E-state index is 0.0889. The highest BCUT2D eigenvalue weighted by Gasteiger charge is 2.00. The summed E-state index contributed by atoms with van der Waals surface area (Å²) in [6.45, 7) is 0.330. The Bertz CT molecular complexity index is 163. The average molecular weight is 158 g/mol. The molecule has 0 aromatic heterocycles. The number of aliphatic hydroxyl groups excluding tert-OH is 1. The standard InChI is InChI=1S/C6H10N2O3/c7-8-5-6(10)11-4-2-1-3-9/h5,9H,1-4H2. The van der Waals surface area contributed by atoms with Crippen LogP contribution in [-0.2, 0) is 9.53 Å². The number of hydrogen-bond acceptors (Lipinski definition) is 3. The molecule has 62 valence electrons. The third kappa shape index (κ3) is 6.70. The normalized spacial score (nSPS) is 8.45. The molecule has 0 amide bonds. The fraction of sp³-hybridized carbons (Fsp3) is 0.667. The molecule has 0 fully saturated rings. The molecule has 0 aliphatic carbocycles. The number of carbonyl (C=O) groups is 1. The Labute approximate surface area is 64.2 Å². The molecule has 0 aromatic rings. The molecule has 0 saturated heterocycles. The first-order chi connectivity index (χ1) is 5.31. The number of unbranched alkanes of at least 4 members (excludes halogenated alkanes) is 1. The van der Waals surface area contributed by atoms with E-state index >= 15 is 0 Å². The lowest BCUT2D eigenvalue weighted by Crippen LogP contribution is -2.07. The van der Waals surface area contributed by atoms with E-state index in [2.05, 4.69) is 9.53 Å². The Morgan fingerprint density at radius 2 is 2.36 bits per heavy atom. The van der Waals surface area contributed by atoms with Gasteiger partial charge in [0.2, 0.25) is 0 Å². The SMILES string of the molecule is [N-]=[N+]=CC(=O)OCCCCO. The highest BCUT2D eigenvalue weighted by Crippen LogP contribution is 1.87. The molecule has 0 aliphatic rings. The minimum Gasteiger partial charge on any atom is -0.457 e. The predicted octanol–water partition coefficient (Wildman–Crippen LogP) is -0.397. The van der Waals surface area contributed by atoms with Crippen molar-refractivity contribution in [3.63, 3.8) is 0 Å². The van der Waals surface area contributed by atoms with Crippen LogP contribution in [0.5, 0.6) is 0 Å². The molecule has 0 radical (unpaired) electrons. The van der Waals surface area contributed by atoms with Crippen molar-refractivity contribution in [2.24, 2.45) is 0 Å². The van der Waals surface area contributed by atoms with Gasteiger partial charge in [-0.2, -0.15) is 4.79 Å². The van der Waals surface area contributed by atoms with Crippen molar-refractivity contribution in [3.8, 4) is 0 Å². The first kappa shape index (κ1) is 9.81. The van der Waals surface area contributed by atoms with Gasteiger partial charge < -0.3 is 15.4 Å². The zero-order valence-electron chi connectivity index (χ0n) is 6.06. The van der Waals surface area contributed by atoms with Crippen LogP contribution in [0.2, 0.25) is 0 Å². The van der Waals surface area contributed by atoms with Gasteiger partial charge >= 0.3 is 12.2 Å². The Morgan fingerprint density at radius 3 is 2.91 bits per heavy atom. The maximum absolute atomic E-state index is 10.4. The molecule has 11 heavy (non-hydrogen) atoms. The second-order valence-corrected chi connectivity index (χ2v) is 1.84. The van der Waals surface area contributed by atoms with Gasteiger partial charge in [0.15, 0.2) is 0 Å². The molecule has 0 rings (SSSR count). The van der Waals surface area contributed by atoms with E-state index in [1.54, 1.807) is 0 Å². The minimum atomic E-state index is -0.676. The number of carbonyl (C=O) groups excluding carboxylic acids is 1. The van der Waals surface area contributed by atoms with Gasteiger partial charge in [-0.1, -0.05) is 0 Å². The van der Waals surface area contributed by atoms with Gasteiger partial charge in [-0.25, -0.2) is 4.79 Å². The molecule has 0 heterocycles. The molecule has 5 nitrogen and oxygen atoms in total. The van der Waals surface area contributed by atoms with Gasteiger partial charge in [0, 0.05) is 6.61 Å². The van der Waals surface area contributed by atoms with Crippen LogP contribution >= 0.6 is 0 Å². The second kappa shape index (κ2) is 6.92. The van der Waals surface area contributed by atoms with Gasteiger partial charge in [-0.15, -0.1) is 0 Å². The van der Waals surface area contributed by atoms with Crippen LogP contribution in [0.25, 0.3) is 5.53 Å². The van der Waals surface area contributed by atoms with Gasteiger partial charge in [0.1, 0.15) is 0 Å². The van der Waals surface area contributed by atoms with Crippen LogP contribution in [0.4, 0.5) is 0 Å². The van der Waals surface area contributed by atoms with Crippen molar-refractivity contribution < 1.29 is 19.4 Å². The average Bonchev–Trinajstić information content (AvgIpc) is 1.99.